The van der Waals surface area contributed by atoms with Crippen LogP contribution in [-0.4, -0.2) is 31.7 Å². The smallest absolute Gasteiger partial charge is 0.333 e. The Kier molecular flexibility index (Phi) is 4.42. The Balaban J connectivity index is 1.98. The molecule has 1 aromatic rings. The van der Waals surface area contributed by atoms with Crippen LogP contribution in [0.5, 0.6) is 11.5 Å². The molecule has 0 radical (unpaired) electrons. The Hall–Kier alpha value is -2.57. The second kappa shape index (κ2) is 6.25. The average molecular weight is 293 g/mol. The molecule has 0 fully saturated rings. The average Bonchev–Trinajstić information content (AvgIpc) is 2.44. The normalized spacial score (nSPS) is 16.5. The van der Waals surface area contributed by atoms with E-state index in [1.807, 2.05) is 0 Å². The van der Waals surface area contributed by atoms with E-state index in [4.69, 9.17) is 9.47 Å². The molecular formula is C14H15NO6. The minimum atomic E-state index is -0.506. The molecule has 0 aliphatic heterocycles. The molecule has 2 rings (SSSR count). The summed E-state index contributed by atoms with van der Waals surface area (Å²) < 4.78 is 15.1. The van der Waals surface area contributed by atoms with Gasteiger partial charge >= 0.3 is 5.97 Å². The van der Waals surface area contributed by atoms with Crippen molar-refractivity contribution in [1.82, 2.24) is 0 Å². The van der Waals surface area contributed by atoms with Gasteiger partial charge in [-0.25, -0.2) is 4.79 Å². The largest absolute Gasteiger partial charge is 0.496 e. The maximum absolute atomic E-state index is 11.2. The van der Waals surface area contributed by atoms with Crippen LogP contribution in [0.3, 0.4) is 0 Å². The van der Waals surface area contributed by atoms with Gasteiger partial charge in [0.25, 0.3) is 5.69 Å². The molecule has 7 nitrogen and oxygen atoms in total. The van der Waals surface area contributed by atoms with Gasteiger partial charge in [0.15, 0.2) is 0 Å². The van der Waals surface area contributed by atoms with Crippen LogP contribution in [0.15, 0.2) is 29.8 Å². The van der Waals surface area contributed by atoms with Crippen molar-refractivity contribution < 1.29 is 23.9 Å². The predicted octanol–water partition coefficient (Wildman–Crippen LogP) is 2.10. The fraction of sp³-hybridized carbons (Fsp3) is 0.357. The van der Waals surface area contributed by atoms with E-state index in [2.05, 4.69) is 4.74 Å². The molecule has 1 aliphatic carbocycles. The molecule has 7 heteroatoms. The van der Waals surface area contributed by atoms with Crippen LogP contribution in [0, 0.1) is 16.0 Å². The number of carbonyl (C=O) groups is 1. The standard InChI is InChI=1S/C14H15NO6/c1-19-12-5-11(15(17)18)6-13(7-12)21-8-9-3-10(4-9)14(16)20-2/h3,5-7,9H,4,8H2,1-2H3. The van der Waals surface area contributed by atoms with Crippen molar-refractivity contribution in [2.45, 2.75) is 6.42 Å². The predicted molar refractivity (Wildman–Crippen MR) is 73.3 cm³/mol. The molecule has 1 unspecified atom stereocenters. The minimum absolute atomic E-state index is 0.0937. The van der Waals surface area contributed by atoms with Crippen molar-refractivity contribution in [3.8, 4) is 11.5 Å². The zero-order valence-electron chi connectivity index (χ0n) is 11.7. The number of esters is 1. The lowest BCUT2D eigenvalue weighted by Crippen LogP contribution is -2.23. The molecule has 0 saturated carbocycles. The summed E-state index contributed by atoms with van der Waals surface area (Å²) in [5.41, 5.74) is 0.534. The van der Waals surface area contributed by atoms with Gasteiger partial charge in [-0.3, -0.25) is 10.1 Å². The fourth-order valence-corrected chi connectivity index (χ4v) is 1.99. The van der Waals surface area contributed by atoms with Crippen molar-refractivity contribution in [2.24, 2.45) is 5.92 Å². The molecule has 1 aromatic carbocycles. The third-order valence-electron chi connectivity index (χ3n) is 3.14. The van der Waals surface area contributed by atoms with Crippen LogP contribution >= 0.6 is 0 Å². The molecule has 0 spiro atoms. The van der Waals surface area contributed by atoms with Gasteiger partial charge in [0, 0.05) is 17.6 Å². The lowest BCUT2D eigenvalue weighted by atomic mass is 9.87. The zero-order valence-corrected chi connectivity index (χ0v) is 11.7. The summed E-state index contributed by atoms with van der Waals surface area (Å²) in [6.07, 6.45) is 2.36. The molecule has 21 heavy (non-hydrogen) atoms. The number of rotatable bonds is 6. The molecule has 0 bridgehead atoms. The second-order valence-corrected chi connectivity index (χ2v) is 4.58. The summed E-state index contributed by atoms with van der Waals surface area (Å²) in [5, 5.41) is 10.8. The van der Waals surface area contributed by atoms with Gasteiger partial charge < -0.3 is 14.2 Å². The zero-order chi connectivity index (χ0) is 15.4. The Morgan fingerprint density at radius 1 is 1.33 bits per heavy atom. The number of nitrogens with zero attached hydrogens (tertiary/aromatic N) is 1. The lowest BCUT2D eigenvalue weighted by Gasteiger charge is -2.23. The van der Waals surface area contributed by atoms with E-state index >= 15 is 0 Å². The lowest BCUT2D eigenvalue weighted by molar-refractivity contribution is -0.385. The third-order valence-corrected chi connectivity index (χ3v) is 3.14. The quantitative estimate of drug-likeness (QED) is 0.453. The maximum atomic E-state index is 11.2. The molecule has 0 aromatic heterocycles. The minimum Gasteiger partial charge on any atom is -0.496 e. The second-order valence-electron chi connectivity index (χ2n) is 4.58. The van der Waals surface area contributed by atoms with Crippen LogP contribution in [0.2, 0.25) is 0 Å². The topological polar surface area (TPSA) is 87.9 Å². The fourth-order valence-electron chi connectivity index (χ4n) is 1.99. The van der Waals surface area contributed by atoms with Crippen molar-refractivity contribution in [1.29, 1.82) is 0 Å². The number of hydrogen-bond donors (Lipinski definition) is 0. The molecule has 1 aliphatic rings. The highest BCUT2D eigenvalue weighted by molar-refractivity contribution is 5.90. The van der Waals surface area contributed by atoms with Gasteiger partial charge in [-0.2, -0.15) is 0 Å². The Bertz CT molecular complexity index is 595. The van der Waals surface area contributed by atoms with Crippen molar-refractivity contribution in [2.75, 3.05) is 20.8 Å². The number of nitro groups is 1. The van der Waals surface area contributed by atoms with E-state index in [1.165, 1.54) is 26.4 Å². The maximum Gasteiger partial charge on any atom is 0.333 e. The number of nitro benzene ring substituents is 1. The Labute approximate surface area is 121 Å². The van der Waals surface area contributed by atoms with Gasteiger partial charge in [0.1, 0.15) is 11.5 Å². The van der Waals surface area contributed by atoms with Gasteiger partial charge in [0.2, 0.25) is 0 Å². The van der Waals surface area contributed by atoms with Crippen LogP contribution < -0.4 is 9.47 Å². The highest BCUT2D eigenvalue weighted by Crippen LogP contribution is 2.30. The summed E-state index contributed by atoms with van der Waals surface area (Å²) in [6, 6.07) is 4.24. The van der Waals surface area contributed by atoms with Gasteiger partial charge in [-0.15, -0.1) is 0 Å². The molecule has 0 N–H and O–H groups in total. The third kappa shape index (κ3) is 3.50. The number of methoxy groups -OCH3 is 2. The van der Waals surface area contributed by atoms with E-state index in [9.17, 15) is 14.9 Å². The van der Waals surface area contributed by atoms with Crippen LogP contribution in [0.1, 0.15) is 6.42 Å². The van der Waals surface area contributed by atoms with E-state index in [0.717, 1.165) is 0 Å². The highest BCUT2D eigenvalue weighted by atomic mass is 16.6. The molecule has 112 valence electrons. The number of non-ortho nitro benzene ring substituents is 1. The van der Waals surface area contributed by atoms with E-state index < -0.39 is 4.92 Å². The summed E-state index contributed by atoms with van der Waals surface area (Å²) in [6.45, 7) is 0.338. The van der Waals surface area contributed by atoms with Crippen LogP contribution in [0.25, 0.3) is 0 Å². The van der Waals surface area contributed by atoms with Crippen LogP contribution in [0.4, 0.5) is 5.69 Å². The first-order valence-corrected chi connectivity index (χ1v) is 6.28. The van der Waals surface area contributed by atoms with Crippen molar-refractivity contribution in [3.63, 3.8) is 0 Å². The number of carbonyl (C=O) groups excluding carboxylic acids is 1. The van der Waals surface area contributed by atoms with E-state index in [1.54, 1.807) is 12.1 Å². The van der Waals surface area contributed by atoms with Crippen molar-refractivity contribution >= 4 is 11.7 Å². The number of ether oxygens (including phenoxy) is 3. The number of hydrogen-bond acceptors (Lipinski definition) is 6. The van der Waals surface area contributed by atoms with Gasteiger partial charge in [-0.05, 0) is 6.42 Å². The highest BCUT2D eigenvalue weighted by Gasteiger charge is 2.25. The SMILES string of the molecule is COC(=O)C1=CC(COc2cc(OC)cc([N+](=O)[O-])c2)C1. The Morgan fingerprint density at radius 3 is 2.57 bits per heavy atom. The first-order chi connectivity index (χ1) is 10.0. The molecule has 0 amide bonds. The van der Waals surface area contributed by atoms with Gasteiger partial charge in [-0.1, -0.05) is 6.08 Å². The van der Waals surface area contributed by atoms with E-state index in [0.29, 0.717) is 30.1 Å². The summed E-state index contributed by atoms with van der Waals surface area (Å²) >= 11 is 0. The molecular weight excluding hydrogens is 278 g/mol. The molecule has 1 atom stereocenters. The summed E-state index contributed by atoms with van der Waals surface area (Å²) in [5.74, 6) is 0.493. The summed E-state index contributed by atoms with van der Waals surface area (Å²) in [4.78, 5) is 21.5. The van der Waals surface area contributed by atoms with Crippen molar-refractivity contribution in [3.05, 3.63) is 40.0 Å². The molecule has 0 saturated heterocycles. The van der Waals surface area contributed by atoms with E-state index in [-0.39, 0.29) is 17.6 Å². The number of benzene rings is 1. The first kappa shape index (κ1) is 14.8. The monoisotopic (exact) mass is 293 g/mol. The Morgan fingerprint density at radius 2 is 2.00 bits per heavy atom. The van der Waals surface area contributed by atoms with Gasteiger partial charge in [0.05, 0.1) is 37.9 Å². The summed E-state index contributed by atoms with van der Waals surface area (Å²) in [7, 11) is 2.77. The van der Waals surface area contributed by atoms with Crippen LogP contribution in [-0.2, 0) is 9.53 Å². The molecule has 0 heterocycles. The first-order valence-electron chi connectivity index (χ1n) is 6.28.